The largest absolute Gasteiger partial charge is 0.448 e. The van der Waals surface area contributed by atoms with E-state index in [-0.39, 0.29) is 5.11 Å². The Bertz CT molecular complexity index is 102. The first-order valence-corrected chi connectivity index (χ1v) is 3.96. The summed E-state index contributed by atoms with van der Waals surface area (Å²) in [7, 11) is -1.41. The maximum absolute atomic E-state index is 10.2. The van der Waals surface area contributed by atoms with Crippen LogP contribution in [-0.2, 0) is 4.57 Å². The minimum atomic E-state index is -1.41. The van der Waals surface area contributed by atoms with Crippen molar-refractivity contribution < 1.29 is 4.57 Å². The zero-order valence-corrected chi connectivity index (χ0v) is 6.05. The number of nitrogens with one attached hydrogen (secondary N) is 2. The molecule has 1 unspecified atom stereocenters. The Morgan fingerprint density at radius 1 is 1.88 bits per heavy atom. The van der Waals surface area contributed by atoms with Gasteiger partial charge in [0.25, 0.3) is 0 Å². The molecule has 4 nitrogen and oxygen atoms in total. The SMILES string of the molecule is C[P+](=O)NNC(N)=S. The zero-order valence-electron chi connectivity index (χ0n) is 4.34. The molecule has 0 bridgehead atoms. The quantitative estimate of drug-likeness (QED) is 0.288. The first kappa shape index (κ1) is 7.75. The fourth-order valence-electron chi connectivity index (χ4n) is 0.134. The van der Waals surface area contributed by atoms with Crippen molar-refractivity contribution in [3.05, 3.63) is 0 Å². The van der Waals surface area contributed by atoms with E-state index in [2.05, 4.69) is 22.8 Å². The van der Waals surface area contributed by atoms with Crippen molar-refractivity contribution in [2.75, 3.05) is 6.66 Å². The van der Waals surface area contributed by atoms with Gasteiger partial charge in [-0.2, -0.15) is 0 Å². The lowest BCUT2D eigenvalue weighted by molar-refractivity contribution is 0.580. The van der Waals surface area contributed by atoms with E-state index in [0.717, 1.165) is 0 Å². The van der Waals surface area contributed by atoms with Crippen LogP contribution in [0.5, 0.6) is 0 Å². The van der Waals surface area contributed by atoms with Crippen LogP contribution in [0.1, 0.15) is 0 Å². The normalized spacial score (nSPS) is 10.4. The predicted octanol–water partition coefficient (Wildman–Crippen LogP) is -0.304. The summed E-state index contributed by atoms with van der Waals surface area (Å²) >= 11 is 4.39. The second-order valence-corrected chi connectivity index (χ2v) is 2.76. The highest BCUT2D eigenvalue weighted by atomic mass is 32.1. The first-order chi connectivity index (χ1) is 3.63. The van der Waals surface area contributed by atoms with E-state index in [9.17, 15) is 4.57 Å². The molecule has 0 fully saturated rings. The highest BCUT2D eigenvalue weighted by Crippen LogP contribution is 2.00. The second kappa shape index (κ2) is 3.72. The number of hydrogen-bond donors (Lipinski definition) is 3. The van der Waals surface area contributed by atoms with Crippen molar-refractivity contribution >= 4 is 25.3 Å². The molecular weight excluding hydrogens is 145 g/mol. The smallest absolute Gasteiger partial charge is 0.375 e. The Hall–Kier alpha value is -0.250. The molecule has 1 atom stereocenters. The summed E-state index contributed by atoms with van der Waals surface area (Å²) < 4.78 is 10.2. The van der Waals surface area contributed by atoms with Gasteiger partial charge in [0.1, 0.15) is 0 Å². The molecule has 0 aliphatic rings. The Labute approximate surface area is 53.6 Å². The Balaban J connectivity index is 3.18. The van der Waals surface area contributed by atoms with Gasteiger partial charge in [-0.15, -0.1) is 0 Å². The Kier molecular flexibility index (Phi) is 3.60. The fourth-order valence-corrected chi connectivity index (χ4v) is 0.538. The molecule has 0 rings (SSSR count). The molecule has 0 amide bonds. The van der Waals surface area contributed by atoms with E-state index >= 15 is 0 Å². The topological polar surface area (TPSA) is 67.2 Å². The molecule has 0 aromatic rings. The van der Waals surface area contributed by atoms with Crippen LogP contribution in [0.3, 0.4) is 0 Å². The first-order valence-electron chi connectivity index (χ1n) is 1.85. The predicted molar refractivity (Wildman–Crippen MR) is 36.6 cm³/mol. The number of rotatable bonds is 2. The van der Waals surface area contributed by atoms with Crippen molar-refractivity contribution in [3.8, 4) is 0 Å². The van der Waals surface area contributed by atoms with Crippen molar-refractivity contribution in [1.82, 2.24) is 10.6 Å². The maximum atomic E-state index is 10.2. The molecule has 4 N–H and O–H groups in total. The molecule has 0 aliphatic heterocycles. The summed E-state index contributed by atoms with van der Waals surface area (Å²) in [6.45, 7) is 1.50. The summed E-state index contributed by atoms with van der Waals surface area (Å²) in [6, 6.07) is 0. The van der Waals surface area contributed by atoms with E-state index < -0.39 is 7.95 Å². The van der Waals surface area contributed by atoms with Crippen LogP contribution in [0, 0.1) is 0 Å². The number of nitrogens with two attached hydrogens (primary N) is 1. The van der Waals surface area contributed by atoms with Gasteiger partial charge in [0.05, 0.1) is 0 Å². The Morgan fingerprint density at radius 2 is 2.38 bits per heavy atom. The third-order valence-electron chi connectivity index (χ3n) is 0.337. The van der Waals surface area contributed by atoms with Gasteiger partial charge in [-0.05, 0) is 22.0 Å². The van der Waals surface area contributed by atoms with Gasteiger partial charge in [0, 0.05) is 0 Å². The third kappa shape index (κ3) is 5.75. The van der Waals surface area contributed by atoms with E-state index in [0.29, 0.717) is 0 Å². The molecule has 0 saturated heterocycles. The molecular formula is C2H7N3OPS+. The molecule has 0 heterocycles. The van der Waals surface area contributed by atoms with Crippen LogP contribution >= 0.6 is 20.2 Å². The minimum Gasteiger partial charge on any atom is -0.375 e. The average molecular weight is 152 g/mol. The molecule has 6 heteroatoms. The maximum Gasteiger partial charge on any atom is 0.448 e. The summed E-state index contributed by atoms with van der Waals surface area (Å²) in [6.07, 6.45) is 0. The highest BCUT2D eigenvalue weighted by molar-refractivity contribution is 7.80. The van der Waals surface area contributed by atoms with Crippen LogP contribution < -0.4 is 16.4 Å². The van der Waals surface area contributed by atoms with Gasteiger partial charge < -0.3 is 5.73 Å². The van der Waals surface area contributed by atoms with Gasteiger partial charge >= 0.3 is 7.95 Å². The minimum absolute atomic E-state index is 0.0928. The lowest BCUT2D eigenvalue weighted by atomic mass is 11.2. The molecule has 0 aliphatic carbocycles. The lowest BCUT2D eigenvalue weighted by Gasteiger charge is -1.91. The Morgan fingerprint density at radius 3 is 2.50 bits per heavy atom. The molecule has 0 spiro atoms. The van der Waals surface area contributed by atoms with Crippen molar-refractivity contribution in [2.24, 2.45) is 5.73 Å². The highest BCUT2D eigenvalue weighted by Gasteiger charge is 2.01. The van der Waals surface area contributed by atoms with Crippen LogP contribution in [0.4, 0.5) is 0 Å². The molecule has 0 aromatic heterocycles. The third-order valence-corrected chi connectivity index (χ3v) is 0.865. The van der Waals surface area contributed by atoms with Gasteiger partial charge in [-0.3, -0.25) is 5.43 Å². The average Bonchev–Trinajstić information content (AvgIpc) is 1.61. The lowest BCUT2D eigenvalue weighted by Crippen LogP contribution is -2.36. The van der Waals surface area contributed by atoms with E-state index in [1.165, 1.54) is 6.66 Å². The van der Waals surface area contributed by atoms with Gasteiger partial charge in [-0.25, -0.2) is 0 Å². The molecule has 0 saturated carbocycles. The van der Waals surface area contributed by atoms with Gasteiger partial charge in [-0.1, -0.05) is 0 Å². The molecule has 0 radical (unpaired) electrons. The van der Waals surface area contributed by atoms with E-state index in [1.54, 1.807) is 0 Å². The van der Waals surface area contributed by atoms with Gasteiger partial charge in [0.15, 0.2) is 11.8 Å². The fraction of sp³-hybridized carbons (Fsp3) is 0.500. The summed E-state index contributed by atoms with van der Waals surface area (Å²) in [5.74, 6) is 0. The van der Waals surface area contributed by atoms with E-state index in [4.69, 9.17) is 5.73 Å². The monoisotopic (exact) mass is 152 g/mol. The summed E-state index contributed by atoms with van der Waals surface area (Å²) in [4.78, 5) is 0. The van der Waals surface area contributed by atoms with Crippen LogP contribution in [0.15, 0.2) is 0 Å². The molecule has 46 valence electrons. The second-order valence-electron chi connectivity index (χ2n) is 1.10. The van der Waals surface area contributed by atoms with Crippen molar-refractivity contribution in [3.63, 3.8) is 0 Å². The number of hydrazine groups is 1. The van der Waals surface area contributed by atoms with Crippen LogP contribution in [-0.4, -0.2) is 11.8 Å². The van der Waals surface area contributed by atoms with Crippen LogP contribution in [0.2, 0.25) is 0 Å². The van der Waals surface area contributed by atoms with Crippen molar-refractivity contribution in [1.29, 1.82) is 0 Å². The van der Waals surface area contributed by atoms with Gasteiger partial charge in [0.2, 0.25) is 0 Å². The van der Waals surface area contributed by atoms with Crippen molar-refractivity contribution in [2.45, 2.75) is 0 Å². The molecule has 0 aromatic carbocycles. The summed E-state index contributed by atoms with van der Waals surface area (Å²) in [5, 5.41) is 2.43. The summed E-state index contributed by atoms with van der Waals surface area (Å²) in [5.41, 5.74) is 7.29. The zero-order chi connectivity index (χ0) is 6.57. The van der Waals surface area contributed by atoms with E-state index in [1.807, 2.05) is 0 Å². The standard InChI is InChI=1S/C2H6N3OPS/c1-7(6)5-4-2(3)8/h1H3,(H3-,3,4,5,6,8)/p+1. The molecule has 8 heavy (non-hydrogen) atoms. The van der Waals surface area contributed by atoms with Crippen LogP contribution in [0.25, 0.3) is 0 Å². The number of hydrogen-bond acceptors (Lipinski definition) is 2. The number of thiocarbonyl (C=S) groups is 1.